The van der Waals surface area contributed by atoms with Crippen molar-refractivity contribution in [2.75, 3.05) is 17.6 Å². The van der Waals surface area contributed by atoms with Gasteiger partial charge in [-0.2, -0.15) is 0 Å². The Morgan fingerprint density at radius 3 is 2.76 bits per heavy atom. The molecule has 29 heavy (non-hydrogen) atoms. The van der Waals surface area contributed by atoms with Crippen molar-refractivity contribution in [1.29, 1.82) is 0 Å². The van der Waals surface area contributed by atoms with Gasteiger partial charge in [-0.25, -0.2) is 8.42 Å². The lowest BCUT2D eigenvalue weighted by atomic mass is 10.1. The van der Waals surface area contributed by atoms with Crippen LogP contribution in [0.5, 0.6) is 0 Å². The van der Waals surface area contributed by atoms with Gasteiger partial charge in [-0.15, -0.1) is 11.8 Å². The van der Waals surface area contributed by atoms with Gasteiger partial charge in [-0.1, -0.05) is 29.8 Å². The summed E-state index contributed by atoms with van der Waals surface area (Å²) in [6, 6.07) is 12.7. The van der Waals surface area contributed by atoms with Crippen molar-refractivity contribution < 1.29 is 18.0 Å². The zero-order valence-electron chi connectivity index (χ0n) is 16.4. The molecule has 6 nitrogen and oxygen atoms in total. The zero-order valence-corrected chi connectivity index (χ0v) is 18.0. The molecule has 2 N–H and O–H groups in total. The Hall–Kier alpha value is -2.32. The van der Waals surface area contributed by atoms with Gasteiger partial charge < -0.3 is 10.6 Å². The number of hydrogen-bond donors (Lipinski definition) is 2. The Morgan fingerprint density at radius 1 is 1.21 bits per heavy atom. The second-order valence-corrected chi connectivity index (χ2v) is 10.6. The Morgan fingerprint density at radius 2 is 2.00 bits per heavy atom. The van der Waals surface area contributed by atoms with Crippen molar-refractivity contribution in [1.82, 2.24) is 5.32 Å². The van der Waals surface area contributed by atoms with E-state index in [9.17, 15) is 18.0 Å². The van der Waals surface area contributed by atoms with E-state index in [0.29, 0.717) is 18.7 Å². The molecule has 0 aromatic heterocycles. The number of benzene rings is 2. The van der Waals surface area contributed by atoms with Crippen molar-refractivity contribution in [2.45, 2.75) is 41.7 Å². The quantitative estimate of drug-likeness (QED) is 0.702. The molecule has 0 saturated heterocycles. The average molecular weight is 433 g/mol. The number of rotatable bonds is 7. The fraction of sp³-hybridized carbons (Fsp3) is 0.333. The number of aryl methyl sites for hydroxylation is 1. The summed E-state index contributed by atoms with van der Waals surface area (Å²) in [6.45, 7) is 4.25. The predicted molar refractivity (Wildman–Crippen MR) is 115 cm³/mol. The largest absolute Gasteiger partial charge is 0.356 e. The third kappa shape index (κ3) is 5.61. The fourth-order valence-electron chi connectivity index (χ4n) is 3.02. The molecule has 0 bridgehead atoms. The Kier molecular flexibility index (Phi) is 6.64. The number of nitrogens with one attached hydrogen (secondary N) is 2. The first kappa shape index (κ1) is 21.4. The number of fused-ring (bicyclic) bond motifs is 1. The van der Waals surface area contributed by atoms with Gasteiger partial charge in [0.1, 0.15) is 0 Å². The van der Waals surface area contributed by atoms with Crippen LogP contribution in [0.3, 0.4) is 0 Å². The van der Waals surface area contributed by atoms with Crippen molar-refractivity contribution in [3.63, 3.8) is 0 Å². The van der Waals surface area contributed by atoms with Gasteiger partial charge >= 0.3 is 0 Å². The van der Waals surface area contributed by atoms with E-state index in [4.69, 9.17) is 0 Å². The van der Waals surface area contributed by atoms with E-state index in [1.165, 1.54) is 17.8 Å². The van der Waals surface area contributed by atoms with Crippen LogP contribution in [-0.2, 0) is 25.8 Å². The summed E-state index contributed by atoms with van der Waals surface area (Å²) in [7, 11) is -3.59. The van der Waals surface area contributed by atoms with E-state index in [1.807, 2.05) is 25.1 Å². The summed E-state index contributed by atoms with van der Waals surface area (Å²) in [4.78, 5) is 24.7. The molecule has 154 valence electrons. The summed E-state index contributed by atoms with van der Waals surface area (Å²) in [5, 5.41) is 5.26. The van der Waals surface area contributed by atoms with Gasteiger partial charge in [0.2, 0.25) is 11.8 Å². The smallest absolute Gasteiger partial charge is 0.237 e. The number of anilines is 1. The molecule has 0 fully saturated rings. The lowest BCUT2D eigenvalue weighted by Crippen LogP contribution is -2.28. The topological polar surface area (TPSA) is 92.3 Å². The van der Waals surface area contributed by atoms with Crippen LogP contribution in [0.2, 0.25) is 0 Å². The van der Waals surface area contributed by atoms with Crippen LogP contribution in [0, 0.1) is 6.92 Å². The van der Waals surface area contributed by atoms with E-state index in [2.05, 4.69) is 16.7 Å². The van der Waals surface area contributed by atoms with Crippen molar-refractivity contribution in [2.24, 2.45) is 0 Å². The maximum Gasteiger partial charge on any atom is 0.237 e. The van der Waals surface area contributed by atoms with Crippen LogP contribution in [0.25, 0.3) is 0 Å². The fourth-order valence-corrected chi connectivity index (χ4v) is 5.35. The lowest BCUT2D eigenvalue weighted by molar-refractivity contribution is -0.120. The van der Waals surface area contributed by atoms with Gasteiger partial charge in [0.15, 0.2) is 9.84 Å². The molecule has 0 aliphatic carbocycles. The van der Waals surface area contributed by atoms with E-state index < -0.39 is 9.84 Å². The number of thioether (sulfide) groups is 1. The molecule has 3 rings (SSSR count). The minimum absolute atomic E-state index is 0.0898. The first-order valence-electron chi connectivity index (χ1n) is 9.41. The van der Waals surface area contributed by atoms with Gasteiger partial charge in [-0.05, 0) is 44.0 Å². The maximum atomic E-state index is 12.6. The predicted octanol–water partition coefficient (Wildman–Crippen LogP) is 2.95. The van der Waals surface area contributed by atoms with Crippen molar-refractivity contribution in [3.05, 3.63) is 53.6 Å². The normalized spacial score (nSPS) is 16.1. The van der Waals surface area contributed by atoms with Gasteiger partial charge in [-0.3, -0.25) is 9.59 Å². The summed E-state index contributed by atoms with van der Waals surface area (Å²) >= 11 is 1.33. The van der Waals surface area contributed by atoms with Crippen molar-refractivity contribution in [3.8, 4) is 0 Å². The van der Waals surface area contributed by atoms with Crippen LogP contribution in [-0.4, -0.2) is 37.8 Å². The summed E-state index contributed by atoms with van der Waals surface area (Å²) in [6.07, 6.45) is 0.611. The number of hydrogen-bond acceptors (Lipinski definition) is 5. The molecular weight excluding hydrogens is 408 g/mol. The number of carbonyl (C=O) groups is 2. The van der Waals surface area contributed by atoms with Crippen LogP contribution >= 0.6 is 11.8 Å². The molecule has 2 aromatic carbocycles. The third-order valence-electron chi connectivity index (χ3n) is 4.66. The average Bonchev–Trinajstić information content (AvgIpc) is 2.67. The molecule has 1 aliphatic heterocycles. The minimum atomic E-state index is -3.59. The van der Waals surface area contributed by atoms with Crippen LogP contribution < -0.4 is 10.6 Å². The monoisotopic (exact) mass is 432 g/mol. The highest BCUT2D eigenvalue weighted by atomic mass is 32.2. The Labute approximate surface area is 175 Å². The van der Waals surface area contributed by atoms with Crippen LogP contribution in [0.1, 0.15) is 24.5 Å². The maximum absolute atomic E-state index is 12.6. The molecule has 0 radical (unpaired) electrons. The highest BCUT2D eigenvalue weighted by Crippen LogP contribution is 2.37. The summed E-state index contributed by atoms with van der Waals surface area (Å²) in [5.74, 6) is -0.635. The van der Waals surface area contributed by atoms with Crippen molar-refractivity contribution >= 4 is 39.1 Å². The Bertz CT molecular complexity index is 1030. The molecule has 2 amide bonds. The molecule has 1 unspecified atom stereocenters. The number of carbonyl (C=O) groups excluding carboxylic acids is 2. The molecule has 8 heteroatoms. The van der Waals surface area contributed by atoms with E-state index in [-0.39, 0.29) is 34.1 Å². The SMILES string of the molecule is Cc1cccc(CCNC(=O)CCS(=O)(=O)c2ccc3c(c2)SC(C)C(=O)N3)c1. The van der Waals surface area contributed by atoms with Crippen LogP contribution in [0.15, 0.2) is 52.3 Å². The minimum Gasteiger partial charge on any atom is -0.356 e. The molecule has 2 aromatic rings. The zero-order chi connectivity index (χ0) is 21.0. The first-order chi connectivity index (χ1) is 13.7. The summed E-state index contributed by atoms with van der Waals surface area (Å²) < 4.78 is 25.2. The van der Waals surface area contributed by atoms with E-state index >= 15 is 0 Å². The van der Waals surface area contributed by atoms with Gasteiger partial charge in [0.05, 0.1) is 21.6 Å². The molecule has 0 spiro atoms. The molecule has 1 aliphatic rings. The first-order valence-corrected chi connectivity index (χ1v) is 11.9. The highest BCUT2D eigenvalue weighted by molar-refractivity contribution is 8.01. The van der Waals surface area contributed by atoms with E-state index in [1.54, 1.807) is 19.1 Å². The van der Waals surface area contributed by atoms with E-state index in [0.717, 1.165) is 16.0 Å². The number of amides is 2. The highest BCUT2D eigenvalue weighted by Gasteiger charge is 2.25. The summed E-state index contributed by atoms with van der Waals surface area (Å²) in [5.41, 5.74) is 2.91. The molecular formula is C21H24N2O4S2. The molecule has 1 heterocycles. The lowest BCUT2D eigenvalue weighted by Gasteiger charge is -2.21. The molecule has 0 saturated carbocycles. The van der Waals surface area contributed by atoms with Gasteiger partial charge in [0.25, 0.3) is 0 Å². The third-order valence-corrected chi connectivity index (χ3v) is 7.53. The van der Waals surface area contributed by atoms with Crippen LogP contribution in [0.4, 0.5) is 5.69 Å². The standard InChI is InChI=1S/C21H24N2O4S2/c1-14-4-3-5-16(12-14)8-10-22-20(24)9-11-29(26,27)17-6-7-18-19(13-17)28-15(2)21(25)23-18/h3-7,12-13,15H,8-11H2,1-2H3,(H,22,24)(H,23,25). The van der Waals surface area contributed by atoms with Gasteiger partial charge in [0, 0.05) is 17.9 Å². The second-order valence-electron chi connectivity index (χ2n) is 7.07. The number of sulfone groups is 1. The second kappa shape index (κ2) is 9.00. The Balaban J connectivity index is 1.54. The molecule has 1 atom stereocenters.